The highest BCUT2D eigenvalue weighted by atomic mass is 16.5. The molecule has 0 saturated carbocycles. The van der Waals surface area contributed by atoms with Crippen LogP contribution in [0.2, 0.25) is 0 Å². The van der Waals surface area contributed by atoms with Crippen LogP contribution in [-0.4, -0.2) is 77.1 Å². The van der Waals surface area contributed by atoms with Gasteiger partial charge in [-0.25, -0.2) is 0 Å². The topological polar surface area (TPSA) is 67.4 Å². The summed E-state index contributed by atoms with van der Waals surface area (Å²) >= 11 is 0. The molecule has 0 amide bonds. The molecular formula is C20H34N4O3. The van der Waals surface area contributed by atoms with E-state index in [2.05, 4.69) is 29.4 Å². The first-order valence-corrected chi connectivity index (χ1v) is 9.72. The second-order valence-corrected chi connectivity index (χ2v) is 6.57. The molecule has 2 rings (SSSR count). The summed E-state index contributed by atoms with van der Waals surface area (Å²) in [6.07, 6.45) is 0.823. The molecule has 0 radical (unpaired) electrons. The average molecular weight is 379 g/mol. The lowest BCUT2D eigenvalue weighted by atomic mass is 10.1. The molecule has 0 spiro atoms. The molecule has 0 aliphatic carbocycles. The molecule has 7 heteroatoms. The lowest BCUT2D eigenvalue weighted by Gasteiger charge is -2.31. The van der Waals surface area contributed by atoms with Gasteiger partial charge in [0.05, 0.1) is 34.0 Å². The minimum Gasteiger partial charge on any atom is -0.497 e. The predicted molar refractivity (Wildman–Crippen MR) is 109 cm³/mol. The van der Waals surface area contributed by atoms with Crippen LogP contribution >= 0.6 is 0 Å². The van der Waals surface area contributed by atoms with Crippen LogP contribution < -0.4 is 20.1 Å². The number of hydrogen-bond acceptors (Lipinski definition) is 5. The van der Waals surface area contributed by atoms with Gasteiger partial charge in [-0.2, -0.15) is 0 Å². The Kier molecular flexibility index (Phi) is 9.21. The summed E-state index contributed by atoms with van der Waals surface area (Å²) in [6.45, 7) is 10.3. The Morgan fingerprint density at radius 1 is 1.22 bits per heavy atom. The molecule has 7 nitrogen and oxygen atoms in total. The number of ether oxygens (including phenoxy) is 3. The summed E-state index contributed by atoms with van der Waals surface area (Å²) < 4.78 is 16.2. The largest absolute Gasteiger partial charge is 0.497 e. The van der Waals surface area contributed by atoms with Gasteiger partial charge in [0.2, 0.25) is 0 Å². The number of guanidine groups is 1. The summed E-state index contributed by atoms with van der Waals surface area (Å²) in [4.78, 5) is 7.18. The quantitative estimate of drug-likeness (QED) is 0.502. The number of rotatable bonds is 9. The third-order valence-electron chi connectivity index (χ3n) is 4.70. The number of nitrogens with zero attached hydrogens (tertiary/aromatic N) is 2. The number of benzene rings is 1. The minimum absolute atomic E-state index is 0.405. The van der Waals surface area contributed by atoms with Crippen molar-refractivity contribution in [1.82, 2.24) is 15.5 Å². The second-order valence-electron chi connectivity index (χ2n) is 6.57. The van der Waals surface area contributed by atoms with Crippen LogP contribution in [0.15, 0.2) is 23.2 Å². The lowest BCUT2D eigenvalue weighted by molar-refractivity contribution is 0.0220. The van der Waals surface area contributed by atoms with Crippen LogP contribution in [0.25, 0.3) is 0 Å². The van der Waals surface area contributed by atoms with Gasteiger partial charge in [-0.05, 0) is 44.0 Å². The van der Waals surface area contributed by atoms with Crippen molar-refractivity contribution in [2.24, 2.45) is 4.99 Å². The Morgan fingerprint density at radius 3 is 2.67 bits per heavy atom. The van der Waals surface area contributed by atoms with Crippen molar-refractivity contribution in [1.29, 1.82) is 0 Å². The van der Waals surface area contributed by atoms with Crippen LogP contribution in [0.3, 0.4) is 0 Å². The summed E-state index contributed by atoms with van der Waals surface area (Å²) in [6, 6.07) is 6.28. The Balaban J connectivity index is 1.88. The van der Waals surface area contributed by atoms with Gasteiger partial charge in [0, 0.05) is 32.2 Å². The zero-order valence-corrected chi connectivity index (χ0v) is 17.1. The fourth-order valence-electron chi connectivity index (χ4n) is 3.09. The number of methoxy groups -OCH3 is 2. The first kappa shape index (κ1) is 21.3. The molecule has 0 bridgehead atoms. The first-order chi connectivity index (χ1) is 13.2. The van der Waals surface area contributed by atoms with E-state index in [0.717, 1.165) is 75.4 Å². The second kappa shape index (κ2) is 11.7. The van der Waals surface area contributed by atoms with E-state index in [9.17, 15) is 0 Å². The monoisotopic (exact) mass is 378 g/mol. The number of aliphatic imine (C=N–C) groups is 1. The maximum Gasteiger partial charge on any atom is 0.191 e. The smallest absolute Gasteiger partial charge is 0.191 e. The number of hydrogen-bond donors (Lipinski definition) is 2. The Bertz CT molecular complexity index is 589. The van der Waals surface area contributed by atoms with Crippen molar-refractivity contribution in [2.45, 2.75) is 26.3 Å². The Hall–Kier alpha value is -1.99. The minimum atomic E-state index is 0.405. The molecule has 27 heavy (non-hydrogen) atoms. The third-order valence-corrected chi connectivity index (χ3v) is 4.70. The third kappa shape index (κ3) is 6.92. The van der Waals surface area contributed by atoms with Crippen LogP contribution in [0.4, 0.5) is 0 Å². The molecule has 1 aromatic rings. The summed E-state index contributed by atoms with van der Waals surface area (Å²) in [7, 11) is 3.37. The molecule has 1 saturated heterocycles. The molecule has 1 atom stereocenters. The highest BCUT2D eigenvalue weighted by Gasteiger charge is 2.16. The van der Waals surface area contributed by atoms with Crippen LogP contribution in [0.1, 0.15) is 19.4 Å². The van der Waals surface area contributed by atoms with Gasteiger partial charge in [0.25, 0.3) is 0 Å². The normalized spacial score (nSPS) is 16.7. The first-order valence-electron chi connectivity index (χ1n) is 9.72. The van der Waals surface area contributed by atoms with Crippen molar-refractivity contribution in [3.05, 3.63) is 23.8 Å². The molecule has 2 N–H and O–H groups in total. The average Bonchev–Trinajstić information content (AvgIpc) is 2.72. The van der Waals surface area contributed by atoms with E-state index in [4.69, 9.17) is 19.2 Å². The number of nitrogens with one attached hydrogen (secondary N) is 2. The Labute approximate surface area is 163 Å². The molecule has 1 fully saturated rings. The van der Waals surface area contributed by atoms with Gasteiger partial charge < -0.3 is 24.8 Å². The van der Waals surface area contributed by atoms with Gasteiger partial charge in [0.15, 0.2) is 5.96 Å². The molecular weight excluding hydrogens is 344 g/mol. The molecule has 152 valence electrons. The van der Waals surface area contributed by atoms with Crippen LogP contribution in [0, 0.1) is 0 Å². The van der Waals surface area contributed by atoms with Gasteiger partial charge in [-0.15, -0.1) is 0 Å². The summed E-state index contributed by atoms with van der Waals surface area (Å²) in [5, 5.41) is 6.73. The van der Waals surface area contributed by atoms with Gasteiger partial charge in [-0.1, -0.05) is 0 Å². The standard InChI is InChI=1S/C20H34N4O3/c1-5-21-20(23-15-16(2)24-10-12-27-13-11-24)22-9-8-17-14-18(25-3)6-7-19(17)26-4/h6-7,14,16H,5,8-13,15H2,1-4H3,(H2,21,22,23). The fraction of sp³-hybridized carbons (Fsp3) is 0.650. The van der Waals surface area contributed by atoms with Crippen LogP contribution in [0.5, 0.6) is 11.5 Å². The van der Waals surface area contributed by atoms with E-state index in [1.165, 1.54) is 0 Å². The van der Waals surface area contributed by atoms with E-state index in [0.29, 0.717) is 6.04 Å². The fourth-order valence-corrected chi connectivity index (χ4v) is 3.09. The zero-order valence-electron chi connectivity index (χ0n) is 17.1. The zero-order chi connectivity index (χ0) is 19.5. The molecule has 1 aliphatic rings. The van der Waals surface area contributed by atoms with Crippen molar-refractivity contribution in [3.8, 4) is 11.5 Å². The Morgan fingerprint density at radius 2 is 2.00 bits per heavy atom. The van der Waals surface area contributed by atoms with E-state index >= 15 is 0 Å². The van der Waals surface area contributed by atoms with E-state index < -0.39 is 0 Å². The maximum atomic E-state index is 5.45. The van der Waals surface area contributed by atoms with Crippen molar-refractivity contribution in [2.75, 3.05) is 60.2 Å². The van der Waals surface area contributed by atoms with Crippen molar-refractivity contribution in [3.63, 3.8) is 0 Å². The summed E-state index contributed by atoms with van der Waals surface area (Å²) in [5.41, 5.74) is 1.11. The van der Waals surface area contributed by atoms with Crippen molar-refractivity contribution < 1.29 is 14.2 Å². The molecule has 1 unspecified atom stereocenters. The van der Waals surface area contributed by atoms with E-state index in [-0.39, 0.29) is 0 Å². The predicted octanol–water partition coefficient (Wildman–Crippen LogP) is 1.52. The molecule has 1 heterocycles. The van der Waals surface area contributed by atoms with E-state index in [1.807, 2.05) is 18.2 Å². The van der Waals surface area contributed by atoms with Gasteiger partial charge >= 0.3 is 0 Å². The maximum absolute atomic E-state index is 5.45. The highest BCUT2D eigenvalue weighted by Crippen LogP contribution is 2.24. The molecule has 0 aromatic heterocycles. The molecule has 1 aromatic carbocycles. The van der Waals surface area contributed by atoms with E-state index in [1.54, 1.807) is 14.2 Å². The van der Waals surface area contributed by atoms with Gasteiger partial charge in [-0.3, -0.25) is 9.89 Å². The lowest BCUT2D eigenvalue weighted by Crippen LogP contribution is -2.44. The number of morpholine rings is 1. The summed E-state index contributed by atoms with van der Waals surface area (Å²) in [5.74, 6) is 2.56. The SMILES string of the molecule is CCNC(=NCC(C)N1CCOCC1)NCCc1cc(OC)ccc1OC. The highest BCUT2D eigenvalue weighted by molar-refractivity contribution is 5.79. The molecule has 1 aliphatic heterocycles. The van der Waals surface area contributed by atoms with Crippen molar-refractivity contribution >= 4 is 5.96 Å². The van der Waals surface area contributed by atoms with Crippen LogP contribution in [-0.2, 0) is 11.2 Å². The van der Waals surface area contributed by atoms with Gasteiger partial charge in [0.1, 0.15) is 11.5 Å².